The van der Waals surface area contributed by atoms with Gasteiger partial charge in [0.1, 0.15) is 0 Å². The minimum Gasteiger partial charge on any atom is -0.326 e. The minimum atomic E-state index is 0.108. The van der Waals surface area contributed by atoms with Crippen LogP contribution in [0.4, 0.5) is 5.69 Å². The largest absolute Gasteiger partial charge is 0.326 e. The van der Waals surface area contributed by atoms with Gasteiger partial charge < -0.3 is 5.32 Å². The van der Waals surface area contributed by atoms with Crippen molar-refractivity contribution in [2.24, 2.45) is 5.41 Å². The van der Waals surface area contributed by atoms with E-state index in [-0.39, 0.29) is 11.3 Å². The van der Waals surface area contributed by atoms with Crippen molar-refractivity contribution < 1.29 is 4.79 Å². The number of carbonyl (C=O) groups excluding carboxylic acids is 1. The molecule has 1 aliphatic carbocycles. The SMILES string of the molecule is O=C(CC1(CS)CC1)Nc1ccc2sccc2c1. The summed E-state index contributed by atoms with van der Waals surface area (Å²) in [6.07, 6.45) is 2.86. The van der Waals surface area contributed by atoms with Crippen LogP contribution in [-0.4, -0.2) is 11.7 Å². The number of carbonyl (C=O) groups is 1. The summed E-state index contributed by atoms with van der Waals surface area (Å²) in [5, 5.41) is 6.24. The van der Waals surface area contributed by atoms with Gasteiger partial charge in [-0.25, -0.2) is 0 Å². The Labute approximate surface area is 116 Å². The van der Waals surface area contributed by atoms with Gasteiger partial charge >= 0.3 is 0 Å². The summed E-state index contributed by atoms with van der Waals surface area (Å²) in [5.41, 5.74) is 1.07. The number of anilines is 1. The number of thiophene rings is 1. The lowest BCUT2D eigenvalue weighted by atomic mass is 10.1. The molecule has 0 bridgehead atoms. The van der Waals surface area contributed by atoms with E-state index in [0.717, 1.165) is 24.3 Å². The van der Waals surface area contributed by atoms with Crippen LogP contribution >= 0.6 is 24.0 Å². The molecule has 0 atom stereocenters. The smallest absolute Gasteiger partial charge is 0.224 e. The minimum absolute atomic E-state index is 0.108. The maximum absolute atomic E-state index is 12.0. The number of fused-ring (bicyclic) bond motifs is 1. The molecule has 1 heterocycles. The fourth-order valence-corrected chi connectivity index (χ4v) is 3.36. The Morgan fingerprint density at radius 3 is 2.94 bits per heavy atom. The Balaban J connectivity index is 1.69. The van der Waals surface area contributed by atoms with E-state index in [2.05, 4.69) is 35.5 Å². The van der Waals surface area contributed by atoms with Crippen molar-refractivity contribution in [3.63, 3.8) is 0 Å². The van der Waals surface area contributed by atoms with Gasteiger partial charge in [-0.1, -0.05) is 0 Å². The fraction of sp³-hybridized carbons (Fsp3) is 0.357. The molecule has 1 aliphatic rings. The zero-order valence-corrected chi connectivity index (χ0v) is 11.7. The Morgan fingerprint density at radius 2 is 2.22 bits per heavy atom. The Hall–Kier alpha value is -1.00. The van der Waals surface area contributed by atoms with Gasteiger partial charge in [-0.15, -0.1) is 11.3 Å². The van der Waals surface area contributed by atoms with Gasteiger partial charge in [0.2, 0.25) is 5.91 Å². The highest BCUT2D eigenvalue weighted by atomic mass is 32.1. The molecule has 0 unspecified atom stereocenters. The molecule has 0 spiro atoms. The lowest BCUT2D eigenvalue weighted by molar-refractivity contribution is -0.117. The molecule has 3 rings (SSSR count). The Kier molecular flexibility index (Phi) is 3.08. The van der Waals surface area contributed by atoms with Crippen LogP contribution in [0.2, 0.25) is 0 Å². The third-order valence-corrected chi connectivity index (χ3v) is 5.13. The highest BCUT2D eigenvalue weighted by molar-refractivity contribution is 7.80. The molecule has 0 radical (unpaired) electrons. The topological polar surface area (TPSA) is 29.1 Å². The quantitative estimate of drug-likeness (QED) is 0.814. The second-order valence-electron chi connectivity index (χ2n) is 5.06. The lowest BCUT2D eigenvalue weighted by Crippen LogP contribution is -2.18. The maximum Gasteiger partial charge on any atom is 0.224 e. The molecule has 2 nitrogen and oxygen atoms in total. The standard InChI is InChI=1S/C14H15NOS2/c16-13(8-14(9-17)4-5-14)15-11-1-2-12-10(7-11)3-6-18-12/h1-3,6-7,17H,4-5,8-9H2,(H,15,16). The molecule has 1 fully saturated rings. The van der Waals surface area contributed by atoms with Crippen LogP contribution in [0.5, 0.6) is 0 Å². The van der Waals surface area contributed by atoms with Gasteiger partial charge in [-0.05, 0) is 59.0 Å². The number of hydrogen-bond donors (Lipinski definition) is 2. The molecule has 1 N–H and O–H groups in total. The summed E-state index contributed by atoms with van der Waals surface area (Å²) in [6, 6.07) is 8.13. The first-order valence-electron chi connectivity index (χ1n) is 6.09. The number of hydrogen-bond acceptors (Lipinski definition) is 3. The van der Waals surface area contributed by atoms with Crippen molar-refractivity contribution in [1.82, 2.24) is 0 Å². The predicted molar refractivity (Wildman–Crippen MR) is 80.6 cm³/mol. The van der Waals surface area contributed by atoms with Crippen LogP contribution in [0.15, 0.2) is 29.6 Å². The third-order valence-electron chi connectivity index (χ3n) is 3.56. The molecule has 1 aromatic heterocycles. The van der Waals surface area contributed by atoms with Crippen molar-refractivity contribution in [3.8, 4) is 0 Å². The third kappa shape index (κ3) is 2.40. The molecule has 4 heteroatoms. The average Bonchev–Trinajstić information content (AvgIpc) is 2.97. The predicted octanol–water partition coefficient (Wildman–Crippen LogP) is 3.94. The lowest BCUT2D eigenvalue weighted by Gasteiger charge is -2.11. The summed E-state index contributed by atoms with van der Waals surface area (Å²) in [7, 11) is 0. The van der Waals surface area contributed by atoms with Crippen molar-refractivity contribution in [2.45, 2.75) is 19.3 Å². The van der Waals surface area contributed by atoms with E-state index < -0.39 is 0 Å². The van der Waals surface area contributed by atoms with E-state index in [9.17, 15) is 4.79 Å². The molecule has 94 valence electrons. The number of rotatable bonds is 4. The van der Waals surface area contributed by atoms with Crippen LogP contribution in [0, 0.1) is 5.41 Å². The molecule has 1 amide bonds. The summed E-state index contributed by atoms with van der Waals surface area (Å²) >= 11 is 6.04. The second kappa shape index (κ2) is 4.59. The molecular formula is C14H15NOS2. The van der Waals surface area contributed by atoms with Crippen molar-refractivity contribution in [1.29, 1.82) is 0 Å². The van der Waals surface area contributed by atoms with Crippen molar-refractivity contribution in [2.75, 3.05) is 11.1 Å². The van der Waals surface area contributed by atoms with E-state index in [1.54, 1.807) is 11.3 Å². The molecule has 2 aromatic rings. The monoisotopic (exact) mass is 277 g/mol. The fourth-order valence-electron chi connectivity index (χ4n) is 2.16. The van der Waals surface area contributed by atoms with Gasteiger partial charge in [0.05, 0.1) is 0 Å². The number of nitrogens with one attached hydrogen (secondary N) is 1. The highest BCUT2D eigenvalue weighted by Gasteiger charge is 2.42. The zero-order chi connectivity index (χ0) is 12.6. The van der Waals surface area contributed by atoms with Crippen LogP contribution in [-0.2, 0) is 4.79 Å². The van der Waals surface area contributed by atoms with Gasteiger partial charge in [0, 0.05) is 16.8 Å². The Morgan fingerprint density at radius 1 is 1.39 bits per heavy atom. The summed E-state index contributed by atoms with van der Waals surface area (Å²) in [5.74, 6) is 0.917. The first-order valence-corrected chi connectivity index (χ1v) is 7.60. The zero-order valence-electron chi connectivity index (χ0n) is 9.98. The van der Waals surface area contributed by atoms with Gasteiger partial charge in [-0.2, -0.15) is 12.6 Å². The number of benzene rings is 1. The van der Waals surface area contributed by atoms with E-state index >= 15 is 0 Å². The molecule has 1 aromatic carbocycles. The van der Waals surface area contributed by atoms with Crippen molar-refractivity contribution >= 4 is 45.6 Å². The number of amides is 1. The second-order valence-corrected chi connectivity index (χ2v) is 6.32. The summed E-state index contributed by atoms with van der Waals surface area (Å²) in [6.45, 7) is 0. The van der Waals surface area contributed by atoms with Gasteiger partial charge in [0.25, 0.3) is 0 Å². The van der Waals surface area contributed by atoms with E-state index in [4.69, 9.17) is 0 Å². The highest BCUT2D eigenvalue weighted by Crippen LogP contribution is 2.49. The van der Waals surface area contributed by atoms with Crippen LogP contribution < -0.4 is 5.32 Å². The molecular weight excluding hydrogens is 262 g/mol. The van der Waals surface area contributed by atoms with Crippen molar-refractivity contribution in [3.05, 3.63) is 29.6 Å². The first-order chi connectivity index (χ1) is 8.71. The average molecular weight is 277 g/mol. The normalized spacial score (nSPS) is 16.7. The summed E-state index contributed by atoms with van der Waals surface area (Å²) < 4.78 is 1.25. The first kappa shape index (κ1) is 12.1. The maximum atomic E-state index is 12.0. The summed E-state index contributed by atoms with van der Waals surface area (Å²) in [4.78, 5) is 12.0. The van der Waals surface area contributed by atoms with Crippen LogP contribution in [0.3, 0.4) is 0 Å². The van der Waals surface area contributed by atoms with Gasteiger partial charge in [0.15, 0.2) is 0 Å². The van der Waals surface area contributed by atoms with Crippen LogP contribution in [0.1, 0.15) is 19.3 Å². The van der Waals surface area contributed by atoms with Gasteiger partial charge in [-0.3, -0.25) is 4.79 Å². The molecule has 1 saturated carbocycles. The Bertz CT molecular complexity index is 586. The van der Waals surface area contributed by atoms with E-state index in [1.807, 2.05) is 12.1 Å². The van der Waals surface area contributed by atoms with Crippen LogP contribution in [0.25, 0.3) is 10.1 Å². The van der Waals surface area contributed by atoms with E-state index in [0.29, 0.717) is 6.42 Å². The number of thiol groups is 1. The molecule has 18 heavy (non-hydrogen) atoms. The molecule has 0 aliphatic heterocycles. The van der Waals surface area contributed by atoms with E-state index in [1.165, 1.54) is 10.1 Å². The molecule has 0 saturated heterocycles.